The fourth-order valence-electron chi connectivity index (χ4n) is 3.13. The van der Waals surface area contributed by atoms with Gasteiger partial charge in [-0.3, -0.25) is 4.79 Å². The zero-order valence-electron chi connectivity index (χ0n) is 15.4. The van der Waals surface area contributed by atoms with Gasteiger partial charge in [-0.25, -0.2) is 21.6 Å². The molecule has 0 atom stereocenters. The Morgan fingerprint density at radius 3 is 2.21 bits per heavy atom. The van der Waals surface area contributed by atoms with Crippen LogP contribution in [-0.4, -0.2) is 49.7 Å². The Kier molecular flexibility index (Phi) is 5.49. The van der Waals surface area contributed by atoms with Gasteiger partial charge in [0, 0.05) is 31.7 Å². The maximum Gasteiger partial charge on any atom is 0.254 e. The molecule has 0 saturated carbocycles. The van der Waals surface area contributed by atoms with Crippen LogP contribution in [0.15, 0.2) is 35.2 Å². The monoisotopic (exact) mass is 412 g/mol. The van der Waals surface area contributed by atoms with Crippen LogP contribution in [0.25, 0.3) is 0 Å². The zero-order valence-corrected chi connectivity index (χ0v) is 16.2. The van der Waals surface area contributed by atoms with Gasteiger partial charge in [0.2, 0.25) is 10.0 Å². The van der Waals surface area contributed by atoms with Crippen LogP contribution in [0.3, 0.4) is 0 Å². The quantitative estimate of drug-likeness (QED) is 0.729. The molecule has 0 spiro atoms. The lowest BCUT2D eigenvalue weighted by Crippen LogP contribution is -2.50. The third-order valence-corrected chi connectivity index (χ3v) is 6.89. The number of carbonyl (C=O) groups excluding carboxylic acids is 1. The molecule has 1 saturated heterocycles. The van der Waals surface area contributed by atoms with Gasteiger partial charge >= 0.3 is 0 Å². The minimum atomic E-state index is -4.35. The summed E-state index contributed by atoms with van der Waals surface area (Å²) in [6.07, 6.45) is 0. The Balaban J connectivity index is 1.77. The van der Waals surface area contributed by atoms with E-state index in [-0.39, 0.29) is 32.1 Å². The average Bonchev–Trinajstić information content (AvgIpc) is 2.67. The summed E-state index contributed by atoms with van der Waals surface area (Å²) in [6, 6.07) is 6.67. The van der Waals surface area contributed by atoms with E-state index in [1.165, 1.54) is 4.90 Å². The summed E-state index contributed by atoms with van der Waals surface area (Å²) < 4.78 is 66.6. The van der Waals surface area contributed by atoms with Crippen LogP contribution in [0.1, 0.15) is 21.5 Å². The first-order chi connectivity index (χ1) is 13.1. The molecule has 150 valence electrons. The van der Waals surface area contributed by atoms with Gasteiger partial charge in [-0.15, -0.1) is 0 Å². The largest absolute Gasteiger partial charge is 0.336 e. The number of sulfonamides is 1. The number of piperazine rings is 1. The van der Waals surface area contributed by atoms with Gasteiger partial charge in [0.15, 0.2) is 17.5 Å². The number of nitrogens with zero attached hydrogens (tertiary/aromatic N) is 2. The van der Waals surface area contributed by atoms with E-state index in [1.54, 1.807) is 12.1 Å². The van der Waals surface area contributed by atoms with E-state index >= 15 is 0 Å². The van der Waals surface area contributed by atoms with E-state index in [2.05, 4.69) is 0 Å². The van der Waals surface area contributed by atoms with Crippen LogP contribution in [0, 0.1) is 31.3 Å². The molecule has 1 aliphatic rings. The third-order valence-electron chi connectivity index (χ3n) is 4.98. The number of carbonyl (C=O) groups is 1. The van der Waals surface area contributed by atoms with Gasteiger partial charge in [-0.1, -0.05) is 12.1 Å². The van der Waals surface area contributed by atoms with Crippen LogP contribution in [-0.2, 0) is 10.0 Å². The predicted molar refractivity (Wildman–Crippen MR) is 96.9 cm³/mol. The maximum absolute atomic E-state index is 13.9. The van der Waals surface area contributed by atoms with Crippen LogP contribution in [0.5, 0.6) is 0 Å². The van der Waals surface area contributed by atoms with E-state index in [9.17, 15) is 26.4 Å². The molecular formula is C19H19F3N2O3S. The summed E-state index contributed by atoms with van der Waals surface area (Å²) in [6.45, 7) is 3.81. The Morgan fingerprint density at radius 1 is 0.929 bits per heavy atom. The molecular weight excluding hydrogens is 393 g/mol. The Labute approximate surface area is 161 Å². The molecule has 2 aromatic carbocycles. The van der Waals surface area contributed by atoms with E-state index in [1.807, 2.05) is 19.9 Å². The zero-order chi connectivity index (χ0) is 20.6. The standard InChI is InChI=1S/C19H19F3N2O3S/c1-12-4-3-5-14(13(12)2)19(25)23-8-10-24(11-9-23)28(26,27)16-7-6-15(20)17(21)18(16)22/h3-7H,8-11H2,1-2H3. The summed E-state index contributed by atoms with van der Waals surface area (Å²) in [7, 11) is -4.35. The molecule has 1 heterocycles. The summed E-state index contributed by atoms with van der Waals surface area (Å²) in [5, 5.41) is 0. The molecule has 1 amide bonds. The smallest absolute Gasteiger partial charge is 0.254 e. The summed E-state index contributed by atoms with van der Waals surface area (Å²) in [5.74, 6) is -5.24. The molecule has 0 bridgehead atoms. The summed E-state index contributed by atoms with van der Waals surface area (Å²) in [4.78, 5) is 13.3. The van der Waals surface area contributed by atoms with Gasteiger partial charge in [0.1, 0.15) is 4.90 Å². The normalized spacial score (nSPS) is 15.7. The minimum absolute atomic E-state index is 0.0721. The molecule has 28 heavy (non-hydrogen) atoms. The highest BCUT2D eigenvalue weighted by Gasteiger charge is 2.33. The lowest BCUT2D eigenvalue weighted by Gasteiger charge is -2.34. The molecule has 1 fully saturated rings. The number of hydrogen-bond acceptors (Lipinski definition) is 3. The first-order valence-electron chi connectivity index (χ1n) is 8.63. The van der Waals surface area contributed by atoms with Crippen molar-refractivity contribution in [3.05, 3.63) is 64.5 Å². The number of benzene rings is 2. The van der Waals surface area contributed by atoms with Gasteiger partial charge in [-0.2, -0.15) is 4.31 Å². The molecule has 0 N–H and O–H groups in total. The van der Waals surface area contributed by atoms with Gasteiger partial charge < -0.3 is 4.90 Å². The predicted octanol–water partition coefficient (Wildman–Crippen LogP) is 2.87. The first-order valence-corrected chi connectivity index (χ1v) is 10.1. The van der Waals surface area contributed by atoms with E-state index in [4.69, 9.17) is 0 Å². The topological polar surface area (TPSA) is 57.7 Å². The molecule has 3 rings (SSSR count). The van der Waals surface area contributed by atoms with Crippen molar-refractivity contribution in [3.63, 3.8) is 0 Å². The van der Waals surface area contributed by atoms with Crippen LogP contribution < -0.4 is 0 Å². The molecule has 0 aromatic heterocycles. The lowest BCUT2D eigenvalue weighted by atomic mass is 10.0. The van der Waals surface area contributed by atoms with Crippen LogP contribution in [0.4, 0.5) is 13.2 Å². The number of rotatable bonds is 3. The van der Waals surface area contributed by atoms with Crippen LogP contribution >= 0.6 is 0 Å². The van der Waals surface area contributed by atoms with E-state index in [0.717, 1.165) is 15.4 Å². The van der Waals surface area contributed by atoms with Crippen molar-refractivity contribution < 1.29 is 26.4 Å². The molecule has 0 aliphatic carbocycles. The first kappa shape index (κ1) is 20.3. The summed E-state index contributed by atoms with van der Waals surface area (Å²) >= 11 is 0. The SMILES string of the molecule is Cc1cccc(C(=O)N2CCN(S(=O)(=O)c3ccc(F)c(F)c3F)CC2)c1C. The van der Waals surface area contributed by atoms with Gasteiger partial charge in [0.05, 0.1) is 0 Å². The lowest BCUT2D eigenvalue weighted by molar-refractivity contribution is 0.0697. The highest BCUT2D eigenvalue weighted by molar-refractivity contribution is 7.89. The second kappa shape index (κ2) is 7.56. The minimum Gasteiger partial charge on any atom is -0.336 e. The van der Waals surface area contributed by atoms with Crippen molar-refractivity contribution in [1.82, 2.24) is 9.21 Å². The molecule has 5 nitrogen and oxygen atoms in total. The fourth-order valence-corrected chi connectivity index (χ4v) is 4.61. The van der Waals surface area contributed by atoms with Crippen molar-refractivity contribution >= 4 is 15.9 Å². The van der Waals surface area contributed by atoms with Gasteiger partial charge in [-0.05, 0) is 43.2 Å². The van der Waals surface area contributed by atoms with Crippen molar-refractivity contribution in [1.29, 1.82) is 0 Å². The fraction of sp³-hybridized carbons (Fsp3) is 0.316. The van der Waals surface area contributed by atoms with Gasteiger partial charge in [0.25, 0.3) is 5.91 Å². The van der Waals surface area contributed by atoms with E-state index < -0.39 is 32.4 Å². The highest BCUT2D eigenvalue weighted by Crippen LogP contribution is 2.24. The summed E-state index contributed by atoms with van der Waals surface area (Å²) in [5.41, 5.74) is 2.37. The number of amides is 1. The van der Waals surface area contributed by atoms with Crippen LogP contribution in [0.2, 0.25) is 0 Å². The Bertz CT molecular complexity index is 1030. The van der Waals surface area contributed by atoms with Crippen molar-refractivity contribution in [2.45, 2.75) is 18.7 Å². The highest BCUT2D eigenvalue weighted by atomic mass is 32.2. The van der Waals surface area contributed by atoms with E-state index in [0.29, 0.717) is 17.7 Å². The van der Waals surface area contributed by atoms with Crippen molar-refractivity contribution in [2.24, 2.45) is 0 Å². The molecule has 0 radical (unpaired) electrons. The molecule has 0 unspecified atom stereocenters. The maximum atomic E-state index is 13.9. The van der Waals surface area contributed by atoms with Crippen molar-refractivity contribution in [3.8, 4) is 0 Å². The molecule has 2 aromatic rings. The third kappa shape index (κ3) is 3.51. The second-order valence-corrected chi connectivity index (χ2v) is 8.52. The average molecular weight is 412 g/mol. The second-order valence-electron chi connectivity index (χ2n) is 6.62. The number of hydrogen-bond donors (Lipinski definition) is 0. The molecule has 9 heteroatoms. The molecule has 1 aliphatic heterocycles. The number of aryl methyl sites for hydroxylation is 1. The Morgan fingerprint density at radius 2 is 1.57 bits per heavy atom. The van der Waals surface area contributed by atoms with Crippen molar-refractivity contribution in [2.75, 3.05) is 26.2 Å². The number of halogens is 3. The Hall–Kier alpha value is -2.39.